The van der Waals surface area contributed by atoms with E-state index in [1.165, 1.54) is 11.1 Å². The summed E-state index contributed by atoms with van der Waals surface area (Å²) in [7, 11) is 0. The summed E-state index contributed by atoms with van der Waals surface area (Å²) in [6.07, 6.45) is 11.0. The molecule has 0 aromatic rings. The Morgan fingerprint density at radius 2 is 1.18 bits per heavy atom. The van der Waals surface area contributed by atoms with Gasteiger partial charge in [-0.15, -0.1) is 0 Å². The first kappa shape index (κ1) is 12.0. The molecule has 2 nitrogen and oxygen atoms in total. The van der Waals surface area contributed by atoms with Gasteiger partial charge < -0.3 is 10.2 Å². The second-order valence-electron chi connectivity index (χ2n) is 5.32. The molecule has 2 heteroatoms. The molecular weight excluding hydrogens is 212 g/mol. The first-order valence-electron chi connectivity index (χ1n) is 6.18. The molecule has 0 heterocycles. The Kier molecular flexibility index (Phi) is 3.14. The minimum absolute atomic E-state index is 0.0222. The van der Waals surface area contributed by atoms with Crippen molar-refractivity contribution in [1.82, 2.24) is 0 Å². The van der Waals surface area contributed by atoms with Crippen LogP contribution in [0.5, 0.6) is 0 Å². The number of aliphatic hydroxyl groups is 2. The van der Waals surface area contributed by atoms with Crippen LogP contribution >= 0.6 is 0 Å². The Balaban J connectivity index is 2.25. The zero-order valence-corrected chi connectivity index (χ0v) is 10.5. The van der Waals surface area contributed by atoms with Crippen molar-refractivity contribution in [1.29, 1.82) is 0 Å². The van der Waals surface area contributed by atoms with Crippen molar-refractivity contribution in [3.8, 4) is 0 Å². The number of hydrogen-bond donors (Lipinski definition) is 2. The minimum Gasteiger partial charge on any atom is -0.512 e. The van der Waals surface area contributed by atoms with Crippen LogP contribution in [0.1, 0.15) is 39.5 Å². The molecule has 0 fully saturated rings. The van der Waals surface area contributed by atoms with E-state index in [1.807, 2.05) is 12.2 Å². The highest BCUT2D eigenvalue weighted by Gasteiger charge is 2.29. The number of allylic oxidation sites excluding steroid dienone is 8. The largest absolute Gasteiger partial charge is 0.512 e. The lowest BCUT2D eigenvalue weighted by atomic mass is 9.71. The molecule has 0 saturated heterocycles. The van der Waals surface area contributed by atoms with Gasteiger partial charge in [0.2, 0.25) is 0 Å². The third kappa shape index (κ3) is 2.46. The highest BCUT2D eigenvalue weighted by Crippen LogP contribution is 2.42. The predicted octanol–water partition coefficient (Wildman–Crippen LogP) is 4.34. The summed E-state index contributed by atoms with van der Waals surface area (Å²) in [5, 5.41) is 18.8. The third-order valence-corrected chi connectivity index (χ3v) is 3.86. The zero-order chi connectivity index (χ0) is 12.5. The van der Waals surface area contributed by atoms with Crippen LogP contribution in [0.4, 0.5) is 0 Å². The van der Waals surface area contributed by atoms with Gasteiger partial charge in [0.05, 0.1) is 11.5 Å². The predicted molar refractivity (Wildman–Crippen MR) is 69.8 cm³/mol. The zero-order valence-electron chi connectivity index (χ0n) is 10.5. The lowest BCUT2D eigenvalue weighted by molar-refractivity contribution is 0.367. The second-order valence-corrected chi connectivity index (χ2v) is 5.32. The lowest BCUT2D eigenvalue weighted by Crippen LogP contribution is -2.20. The molecule has 2 N–H and O–H groups in total. The van der Waals surface area contributed by atoms with Gasteiger partial charge in [-0.3, -0.25) is 0 Å². The molecule has 0 spiro atoms. The molecule has 0 unspecified atom stereocenters. The van der Waals surface area contributed by atoms with E-state index in [2.05, 4.69) is 13.8 Å². The number of aliphatic hydroxyl groups excluding tert-OH is 2. The Morgan fingerprint density at radius 1 is 0.765 bits per heavy atom. The topological polar surface area (TPSA) is 40.5 Å². The van der Waals surface area contributed by atoms with E-state index < -0.39 is 0 Å². The van der Waals surface area contributed by atoms with Crippen molar-refractivity contribution >= 4 is 0 Å². The van der Waals surface area contributed by atoms with Crippen LogP contribution in [0.15, 0.2) is 47.0 Å². The Bertz CT molecular complexity index is 394. The van der Waals surface area contributed by atoms with E-state index in [4.69, 9.17) is 0 Å². The molecule has 0 atom stereocenters. The normalized spacial score (nSPS) is 21.3. The van der Waals surface area contributed by atoms with Crippen LogP contribution in [0.25, 0.3) is 0 Å². The van der Waals surface area contributed by atoms with Gasteiger partial charge in [0.25, 0.3) is 0 Å². The van der Waals surface area contributed by atoms with Gasteiger partial charge in [0.1, 0.15) is 0 Å². The van der Waals surface area contributed by atoms with Crippen LogP contribution in [0.2, 0.25) is 0 Å². The van der Waals surface area contributed by atoms with Gasteiger partial charge >= 0.3 is 0 Å². The maximum absolute atomic E-state index is 9.40. The SMILES string of the molecule is CC(C)(C1=CC=C(O)CC1)C1=CC=C(O)CC1. The van der Waals surface area contributed by atoms with Crippen LogP contribution in [0, 0.1) is 5.41 Å². The molecule has 0 amide bonds. The monoisotopic (exact) mass is 232 g/mol. The standard InChI is InChI=1S/C15H20O2/c1-15(2,11-3-7-13(16)8-4-11)12-5-9-14(17)10-6-12/h3,5,7,9,16-17H,4,6,8,10H2,1-2H3. The fourth-order valence-electron chi connectivity index (χ4n) is 2.50. The van der Waals surface area contributed by atoms with Crippen LogP contribution in [-0.2, 0) is 0 Å². The molecule has 0 bridgehead atoms. The first-order chi connectivity index (χ1) is 8.00. The molecule has 0 saturated carbocycles. The van der Waals surface area contributed by atoms with Crippen molar-refractivity contribution in [3.05, 3.63) is 47.0 Å². The summed E-state index contributed by atoms with van der Waals surface area (Å²) in [6, 6.07) is 0. The average molecular weight is 232 g/mol. The van der Waals surface area contributed by atoms with E-state index in [-0.39, 0.29) is 5.41 Å². The van der Waals surface area contributed by atoms with Crippen molar-refractivity contribution in [2.45, 2.75) is 39.5 Å². The summed E-state index contributed by atoms with van der Waals surface area (Å²) >= 11 is 0. The summed E-state index contributed by atoms with van der Waals surface area (Å²) in [5.41, 5.74) is 2.74. The van der Waals surface area contributed by atoms with Gasteiger partial charge in [-0.1, -0.05) is 37.1 Å². The summed E-state index contributed by atoms with van der Waals surface area (Å²) in [5.74, 6) is 0.944. The van der Waals surface area contributed by atoms with Crippen molar-refractivity contribution in [2.24, 2.45) is 5.41 Å². The molecule has 0 radical (unpaired) electrons. The van der Waals surface area contributed by atoms with Crippen LogP contribution in [-0.4, -0.2) is 10.2 Å². The molecule has 0 aliphatic heterocycles. The summed E-state index contributed by atoms with van der Waals surface area (Å²) in [6.45, 7) is 4.44. The molecule has 2 rings (SSSR count). The van der Waals surface area contributed by atoms with Gasteiger partial charge in [-0.05, 0) is 25.0 Å². The fourth-order valence-corrected chi connectivity index (χ4v) is 2.50. The van der Waals surface area contributed by atoms with E-state index in [1.54, 1.807) is 12.2 Å². The first-order valence-corrected chi connectivity index (χ1v) is 6.18. The average Bonchev–Trinajstić information content (AvgIpc) is 2.30. The summed E-state index contributed by atoms with van der Waals surface area (Å²) in [4.78, 5) is 0. The van der Waals surface area contributed by atoms with E-state index >= 15 is 0 Å². The van der Waals surface area contributed by atoms with E-state index in [0.29, 0.717) is 11.5 Å². The van der Waals surface area contributed by atoms with Gasteiger partial charge in [-0.25, -0.2) is 0 Å². The van der Waals surface area contributed by atoms with Crippen LogP contribution < -0.4 is 0 Å². The van der Waals surface area contributed by atoms with Crippen LogP contribution in [0.3, 0.4) is 0 Å². The Morgan fingerprint density at radius 3 is 1.47 bits per heavy atom. The van der Waals surface area contributed by atoms with E-state index in [0.717, 1.165) is 25.7 Å². The lowest BCUT2D eigenvalue weighted by Gasteiger charge is -2.33. The maximum Gasteiger partial charge on any atom is 0.0925 e. The molecule has 2 aliphatic carbocycles. The Hall–Kier alpha value is -1.44. The number of hydrogen-bond acceptors (Lipinski definition) is 2. The van der Waals surface area contributed by atoms with E-state index in [9.17, 15) is 10.2 Å². The van der Waals surface area contributed by atoms with Gasteiger partial charge in [0.15, 0.2) is 0 Å². The third-order valence-electron chi connectivity index (χ3n) is 3.86. The molecule has 0 aromatic carbocycles. The molecular formula is C15H20O2. The van der Waals surface area contributed by atoms with Gasteiger partial charge in [0, 0.05) is 18.3 Å². The molecule has 17 heavy (non-hydrogen) atoms. The minimum atomic E-state index is 0.0222. The smallest absolute Gasteiger partial charge is 0.0925 e. The van der Waals surface area contributed by atoms with Crippen molar-refractivity contribution in [2.75, 3.05) is 0 Å². The van der Waals surface area contributed by atoms with Crippen molar-refractivity contribution < 1.29 is 10.2 Å². The maximum atomic E-state index is 9.40. The molecule has 2 aliphatic rings. The molecule has 0 aromatic heterocycles. The van der Waals surface area contributed by atoms with Crippen molar-refractivity contribution in [3.63, 3.8) is 0 Å². The highest BCUT2D eigenvalue weighted by molar-refractivity contribution is 5.36. The van der Waals surface area contributed by atoms with Gasteiger partial charge in [-0.2, -0.15) is 0 Å². The highest BCUT2D eigenvalue weighted by atomic mass is 16.3. The molecule has 92 valence electrons. The Labute approximate surface area is 103 Å². The fraction of sp³-hybridized carbons (Fsp3) is 0.467. The quantitative estimate of drug-likeness (QED) is 0.743. The second kappa shape index (κ2) is 4.44. The number of rotatable bonds is 2. The summed E-state index contributed by atoms with van der Waals surface area (Å²) < 4.78 is 0.